The molecule has 57 heavy (non-hydrogen) atoms. The molecule has 1 heterocycles. The van der Waals surface area contributed by atoms with Crippen LogP contribution < -0.4 is 4.90 Å². The van der Waals surface area contributed by atoms with E-state index in [0.29, 0.717) is 5.56 Å². The summed E-state index contributed by atoms with van der Waals surface area (Å²) in [6.07, 6.45) is 0. The summed E-state index contributed by atoms with van der Waals surface area (Å²) in [6, 6.07) is 56.8. The van der Waals surface area contributed by atoms with E-state index in [1.165, 1.54) is 61.2 Å². The number of benzene rings is 7. The number of fused-ring (bicyclic) bond motifs is 13. The van der Waals surface area contributed by atoms with Crippen LogP contribution in [0.25, 0.3) is 44.1 Å². The van der Waals surface area contributed by atoms with Crippen LogP contribution in [-0.2, 0) is 22.8 Å². The number of anilines is 3. The summed E-state index contributed by atoms with van der Waals surface area (Å²) in [5.41, 5.74) is 19.1. The molecule has 0 aliphatic heterocycles. The van der Waals surface area contributed by atoms with Crippen molar-refractivity contribution in [3.05, 3.63) is 185 Å². The van der Waals surface area contributed by atoms with Crippen molar-refractivity contribution < 1.29 is 0 Å². The van der Waals surface area contributed by atoms with E-state index in [-0.39, 0.29) is 10.8 Å². The molecule has 1 aromatic heterocycles. The summed E-state index contributed by atoms with van der Waals surface area (Å²) in [6.45, 7) is 17.0. The lowest BCUT2D eigenvalue weighted by atomic mass is 9.68. The number of nitrogens with zero attached hydrogens (tertiary/aromatic N) is 3. The fourth-order valence-electron chi connectivity index (χ4n) is 9.91. The van der Waals surface area contributed by atoms with Crippen LogP contribution in [0.2, 0.25) is 0 Å². The van der Waals surface area contributed by atoms with Gasteiger partial charge < -0.3 is 9.47 Å². The van der Waals surface area contributed by atoms with Gasteiger partial charge in [-0.05, 0) is 134 Å². The Morgan fingerprint density at radius 2 is 1.02 bits per heavy atom. The first-order valence-corrected chi connectivity index (χ1v) is 20.3. The number of hydrogen-bond donors (Lipinski definition) is 0. The summed E-state index contributed by atoms with van der Waals surface area (Å²) in [4.78, 5) is 2.41. The maximum absolute atomic E-state index is 9.87. The lowest BCUT2D eigenvalue weighted by Crippen LogP contribution is -2.27. The van der Waals surface area contributed by atoms with E-state index in [1.807, 2.05) is 12.1 Å². The van der Waals surface area contributed by atoms with Gasteiger partial charge in [-0.15, -0.1) is 0 Å². The quantitative estimate of drug-likeness (QED) is 0.180. The van der Waals surface area contributed by atoms with E-state index in [4.69, 9.17) is 0 Å². The SMILES string of the molecule is CCn1c2ccc(C#N)cc2c2cc(N(c3ccccc3)c3ccc4c(c3)C3(c5ccccc5-4)c4cc(C(C)(C)C)ccc4-c4ccc(C(C)(C)C)cc43)ccc21. The van der Waals surface area contributed by atoms with E-state index in [1.54, 1.807) is 0 Å². The van der Waals surface area contributed by atoms with E-state index >= 15 is 0 Å². The lowest BCUT2D eigenvalue weighted by Gasteiger charge is -2.34. The van der Waals surface area contributed by atoms with Crippen molar-refractivity contribution in [3.63, 3.8) is 0 Å². The average molecular weight is 738 g/mol. The second-order valence-corrected chi connectivity index (χ2v) is 18.0. The van der Waals surface area contributed by atoms with Crippen LogP contribution in [0, 0.1) is 11.3 Å². The molecule has 0 amide bonds. The molecule has 0 fully saturated rings. The Kier molecular flexibility index (Phi) is 7.58. The minimum atomic E-state index is -0.496. The second-order valence-electron chi connectivity index (χ2n) is 18.0. The zero-order chi connectivity index (χ0) is 39.4. The van der Waals surface area contributed by atoms with Gasteiger partial charge in [-0.3, -0.25) is 0 Å². The van der Waals surface area contributed by atoms with Crippen LogP contribution in [-0.4, -0.2) is 4.57 Å². The van der Waals surface area contributed by atoms with E-state index in [2.05, 4.69) is 197 Å². The van der Waals surface area contributed by atoms with Crippen molar-refractivity contribution in [1.82, 2.24) is 4.57 Å². The van der Waals surface area contributed by atoms with Crippen molar-refractivity contribution >= 4 is 38.9 Å². The molecule has 0 saturated heterocycles. The molecule has 10 rings (SSSR count). The van der Waals surface area contributed by atoms with Crippen molar-refractivity contribution in [2.24, 2.45) is 0 Å². The summed E-state index contributed by atoms with van der Waals surface area (Å²) in [5, 5.41) is 12.1. The Morgan fingerprint density at radius 3 is 1.63 bits per heavy atom. The minimum absolute atomic E-state index is 0.0119. The van der Waals surface area contributed by atoms with E-state index < -0.39 is 5.41 Å². The first-order valence-electron chi connectivity index (χ1n) is 20.3. The smallest absolute Gasteiger partial charge is 0.0991 e. The Balaban J connectivity index is 1.27. The van der Waals surface area contributed by atoms with Crippen LogP contribution in [0.4, 0.5) is 17.1 Å². The number of para-hydroxylation sites is 1. The maximum atomic E-state index is 9.87. The number of aryl methyl sites for hydroxylation is 1. The molecule has 0 N–H and O–H groups in total. The summed E-state index contributed by atoms with van der Waals surface area (Å²) in [5.74, 6) is 0. The number of rotatable bonds is 4. The highest BCUT2D eigenvalue weighted by Crippen LogP contribution is 2.64. The fraction of sp³-hybridized carbons (Fsp3) is 0.204. The molecule has 0 bridgehead atoms. The third-order valence-electron chi connectivity index (χ3n) is 12.7. The first-order chi connectivity index (χ1) is 27.4. The Labute approximate surface area is 336 Å². The van der Waals surface area contributed by atoms with Crippen molar-refractivity contribution in [2.45, 2.75) is 71.3 Å². The monoisotopic (exact) mass is 737 g/mol. The average Bonchev–Trinajstić information content (AvgIpc) is 3.80. The largest absolute Gasteiger partial charge is 0.341 e. The molecule has 3 heteroatoms. The van der Waals surface area contributed by atoms with E-state index in [0.717, 1.165) is 39.9 Å². The van der Waals surface area contributed by atoms with Crippen LogP contribution in [0.3, 0.4) is 0 Å². The molecule has 2 aliphatic carbocycles. The highest BCUT2D eigenvalue weighted by molar-refractivity contribution is 6.10. The summed E-state index contributed by atoms with van der Waals surface area (Å²) >= 11 is 0. The van der Waals surface area contributed by atoms with Crippen molar-refractivity contribution in [1.29, 1.82) is 5.26 Å². The number of aromatic nitrogens is 1. The molecule has 8 aromatic rings. The minimum Gasteiger partial charge on any atom is -0.341 e. The summed E-state index contributed by atoms with van der Waals surface area (Å²) < 4.78 is 2.35. The zero-order valence-corrected chi connectivity index (χ0v) is 33.9. The van der Waals surface area contributed by atoms with Crippen LogP contribution >= 0.6 is 0 Å². The van der Waals surface area contributed by atoms with Crippen molar-refractivity contribution in [2.75, 3.05) is 4.90 Å². The lowest BCUT2D eigenvalue weighted by molar-refractivity contribution is 0.586. The van der Waals surface area contributed by atoms with Gasteiger partial charge in [0, 0.05) is 45.4 Å². The molecule has 7 aromatic carbocycles. The van der Waals surface area contributed by atoms with Crippen LogP contribution in [0.5, 0.6) is 0 Å². The Bertz CT molecular complexity index is 2910. The van der Waals surface area contributed by atoms with Gasteiger partial charge in [-0.2, -0.15) is 5.26 Å². The molecule has 0 radical (unpaired) electrons. The number of nitriles is 1. The molecule has 0 atom stereocenters. The maximum Gasteiger partial charge on any atom is 0.0991 e. The van der Waals surface area contributed by atoms with Gasteiger partial charge in [-0.25, -0.2) is 0 Å². The first kappa shape index (κ1) is 35.1. The molecule has 2 aliphatic rings. The molecule has 0 unspecified atom stereocenters. The third kappa shape index (κ3) is 5.03. The molecule has 3 nitrogen and oxygen atoms in total. The predicted molar refractivity (Wildman–Crippen MR) is 238 cm³/mol. The number of hydrogen-bond acceptors (Lipinski definition) is 2. The molecule has 1 spiro atoms. The standard InChI is InChI=1S/C54H47N3/c1-8-56-50-26-18-34(33-55)28-44(50)45-31-38(22-27-51(45)56)57(37-14-10-9-11-15-37)39-21-25-43-40-16-12-13-17-46(40)54(49(43)32-39)47-29-35(52(2,3)4)19-23-41(47)42-24-20-36(30-48(42)54)53(5,6)7/h9-32H,8H2,1-7H3. The predicted octanol–water partition coefficient (Wildman–Crippen LogP) is 14.1. The van der Waals surface area contributed by atoms with Crippen molar-refractivity contribution in [3.8, 4) is 28.3 Å². The van der Waals surface area contributed by atoms with Gasteiger partial charge in [-0.1, -0.05) is 126 Å². The Morgan fingerprint density at radius 1 is 0.509 bits per heavy atom. The Hall–Kier alpha value is -6.37. The highest BCUT2D eigenvalue weighted by Gasteiger charge is 2.52. The van der Waals surface area contributed by atoms with Gasteiger partial charge in [0.15, 0.2) is 0 Å². The van der Waals surface area contributed by atoms with E-state index in [9.17, 15) is 5.26 Å². The van der Waals surface area contributed by atoms with Gasteiger partial charge in [0.05, 0.1) is 17.0 Å². The normalized spacial score (nSPS) is 13.7. The van der Waals surface area contributed by atoms with Gasteiger partial charge in [0.2, 0.25) is 0 Å². The molecule has 0 saturated carbocycles. The molecular formula is C54H47N3. The van der Waals surface area contributed by atoms with Crippen LogP contribution in [0.15, 0.2) is 146 Å². The molecular weight excluding hydrogens is 691 g/mol. The highest BCUT2D eigenvalue weighted by atomic mass is 15.1. The fourth-order valence-corrected chi connectivity index (χ4v) is 9.91. The van der Waals surface area contributed by atoms with Gasteiger partial charge in [0.25, 0.3) is 0 Å². The van der Waals surface area contributed by atoms with Gasteiger partial charge in [0.1, 0.15) is 0 Å². The summed E-state index contributed by atoms with van der Waals surface area (Å²) in [7, 11) is 0. The van der Waals surface area contributed by atoms with Gasteiger partial charge >= 0.3 is 0 Å². The third-order valence-corrected chi connectivity index (χ3v) is 12.7. The zero-order valence-electron chi connectivity index (χ0n) is 33.9. The molecule has 278 valence electrons. The van der Waals surface area contributed by atoms with Crippen LogP contribution in [0.1, 0.15) is 87.4 Å². The second kappa shape index (κ2) is 12.3. The topological polar surface area (TPSA) is 32.0 Å².